The third kappa shape index (κ3) is 2.30. The average molecular weight is 338 g/mol. The highest BCUT2D eigenvalue weighted by molar-refractivity contribution is 6.52. The summed E-state index contributed by atoms with van der Waals surface area (Å²) < 4.78 is 0. The van der Waals surface area contributed by atoms with Gasteiger partial charge in [-0.25, -0.2) is 0 Å². The number of rotatable bonds is 1. The Balaban J connectivity index is 2.50. The zero-order valence-corrected chi connectivity index (χ0v) is 14.5. The lowest BCUT2D eigenvalue weighted by atomic mass is 9.75. The van der Waals surface area contributed by atoms with Crippen LogP contribution < -0.4 is 5.43 Å². The molecule has 0 atom stereocenters. The van der Waals surface area contributed by atoms with E-state index in [1.165, 1.54) is 24.3 Å². The van der Waals surface area contributed by atoms with Gasteiger partial charge in [0.15, 0.2) is 11.2 Å². The number of aromatic hydroxyl groups is 1. The first kappa shape index (κ1) is 17.0. The van der Waals surface area contributed by atoms with E-state index < -0.39 is 28.2 Å². The van der Waals surface area contributed by atoms with Crippen LogP contribution in [0.25, 0.3) is 12.2 Å². The van der Waals surface area contributed by atoms with E-state index in [0.717, 1.165) is 0 Å². The Kier molecular flexibility index (Phi) is 3.64. The molecule has 0 amide bonds. The van der Waals surface area contributed by atoms with E-state index in [4.69, 9.17) is 0 Å². The molecule has 2 aliphatic carbocycles. The zero-order valence-electron chi connectivity index (χ0n) is 14.5. The zero-order chi connectivity index (χ0) is 18.7. The average Bonchev–Trinajstić information content (AvgIpc) is 2.63. The van der Waals surface area contributed by atoms with Crippen molar-refractivity contribution in [1.82, 2.24) is 0 Å². The Morgan fingerprint density at radius 2 is 1.60 bits per heavy atom. The van der Waals surface area contributed by atoms with E-state index in [1.54, 1.807) is 27.7 Å². The number of hydrogen-bond acceptors (Lipinski definition) is 5. The predicted molar refractivity (Wildman–Crippen MR) is 93.6 cm³/mol. The van der Waals surface area contributed by atoms with Gasteiger partial charge in [-0.2, -0.15) is 0 Å². The first-order chi connectivity index (χ1) is 11.6. The molecule has 128 valence electrons. The van der Waals surface area contributed by atoms with Crippen molar-refractivity contribution < 1.29 is 19.5 Å². The molecule has 0 saturated heterocycles. The molecule has 2 aliphatic rings. The molecular weight excluding hydrogens is 320 g/mol. The van der Waals surface area contributed by atoms with Crippen LogP contribution in [-0.4, -0.2) is 22.5 Å². The molecule has 5 heteroatoms. The maximum Gasteiger partial charge on any atom is 0.237 e. The van der Waals surface area contributed by atoms with Crippen molar-refractivity contribution in [3.63, 3.8) is 0 Å². The van der Waals surface area contributed by atoms with Gasteiger partial charge in [0, 0.05) is 16.7 Å². The molecule has 1 aromatic carbocycles. The Hall–Kier alpha value is -2.82. The molecular formula is C20H18O5. The predicted octanol–water partition coefficient (Wildman–Crippen LogP) is 2.43. The second-order valence-corrected chi connectivity index (χ2v) is 7.21. The Labute approximate surface area is 144 Å². The Morgan fingerprint density at radius 1 is 0.960 bits per heavy atom. The second kappa shape index (κ2) is 5.34. The van der Waals surface area contributed by atoms with Gasteiger partial charge < -0.3 is 5.11 Å². The molecule has 0 aliphatic heterocycles. The van der Waals surface area contributed by atoms with Gasteiger partial charge in [-0.05, 0) is 49.6 Å². The minimum absolute atomic E-state index is 0.00292. The minimum atomic E-state index is -1.01. The molecule has 0 bridgehead atoms. The molecule has 1 aromatic rings. The summed E-state index contributed by atoms with van der Waals surface area (Å²) in [5.41, 5.74) is -0.986. The quantitative estimate of drug-likeness (QED) is 0.795. The SMILES string of the molecule is CC(C)C1=Cc2c(c(O)c3c(cc2=O)C(C)(C)C(=O)C=C3)C(=O)C1=O. The van der Waals surface area contributed by atoms with Crippen LogP contribution in [0.3, 0.4) is 0 Å². The van der Waals surface area contributed by atoms with E-state index >= 15 is 0 Å². The smallest absolute Gasteiger partial charge is 0.237 e. The first-order valence-electron chi connectivity index (χ1n) is 8.05. The van der Waals surface area contributed by atoms with E-state index in [0.29, 0.717) is 5.56 Å². The van der Waals surface area contributed by atoms with Crippen molar-refractivity contribution in [1.29, 1.82) is 0 Å². The molecule has 0 spiro atoms. The fourth-order valence-corrected chi connectivity index (χ4v) is 3.25. The Bertz CT molecular complexity index is 974. The van der Waals surface area contributed by atoms with Gasteiger partial charge in [-0.3, -0.25) is 19.2 Å². The van der Waals surface area contributed by atoms with Crippen molar-refractivity contribution in [3.8, 4) is 5.75 Å². The summed E-state index contributed by atoms with van der Waals surface area (Å²) in [4.78, 5) is 49.8. The largest absolute Gasteiger partial charge is 0.507 e. The molecule has 0 fully saturated rings. The lowest BCUT2D eigenvalue weighted by Gasteiger charge is -2.26. The standard InChI is InChI=1S/C20H18O5/c1-9(2)11-7-12-14(21)8-13-10(5-6-15(22)20(13,3)4)17(23)16(12)19(25)18(11)24/h5-9,23H,1-4H3. The molecule has 5 nitrogen and oxygen atoms in total. The lowest BCUT2D eigenvalue weighted by molar-refractivity contribution is -0.118. The number of carbonyl (C=O) groups excluding carboxylic acids is 3. The third-order valence-electron chi connectivity index (χ3n) is 4.90. The summed E-state index contributed by atoms with van der Waals surface area (Å²) in [6, 6.07) is 1.28. The number of Topliss-reactive ketones (excluding diaryl/α,β-unsaturated/α-hetero) is 2. The van der Waals surface area contributed by atoms with E-state index in [9.17, 15) is 24.3 Å². The number of carbonyl (C=O) groups is 3. The maximum atomic E-state index is 12.7. The molecule has 3 rings (SSSR count). The summed E-state index contributed by atoms with van der Waals surface area (Å²) in [6.07, 6.45) is 4.08. The molecule has 25 heavy (non-hydrogen) atoms. The van der Waals surface area contributed by atoms with Crippen molar-refractivity contribution in [2.24, 2.45) is 5.92 Å². The molecule has 1 N–H and O–H groups in total. The number of fused-ring (bicyclic) bond motifs is 2. The first-order valence-corrected chi connectivity index (χ1v) is 8.05. The molecule has 0 aromatic heterocycles. The summed E-state index contributed by atoms with van der Waals surface area (Å²) in [5, 5.41) is 10.7. The maximum absolute atomic E-state index is 12.7. The van der Waals surface area contributed by atoms with Gasteiger partial charge in [-0.1, -0.05) is 13.8 Å². The highest BCUT2D eigenvalue weighted by Gasteiger charge is 2.38. The van der Waals surface area contributed by atoms with Gasteiger partial charge >= 0.3 is 0 Å². The fraction of sp³-hybridized carbons (Fsp3) is 0.300. The van der Waals surface area contributed by atoms with Gasteiger partial charge in [0.1, 0.15) is 5.75 Å². The summed E-state index contributed by atoms with van der Waals surface area (Å²) in [6.45, 7) is 6.81. The van der Waals surface area contributed by atoms with E-state index in [2.05, 4.69) is 0 Å². The van der Waals surface area contributed by atoms with Crippen LogP contribution in [0.5, 0.6) is 5.75 Å². The molecule has 0 unspecified atom stereocenters. The summed E-state index contributed by atoms with van der Waals surface area (Å²) >= 11 is 0. The normalized spacial score (nSPS) is 18.1. The van der Waals surface area contributed by atoms with Crippen LogP contribution in [0.1, 0.15) is 54.7 Å². The molecule has 0 heterocycles. The van der Waals surface area contributed by atoms with Crippen molar-refractivity contribution in [2.45, 2.75) is 33.1 Å². The van der Waals surface area contributed by atoms with Gasteiger partial charge in [0.05, 0.1) is 11.0 Å². The highest BCUT2D eigenvalue weighted by Crippen LogP contribution is 2.39. The van der Waals surface area contributed by atoms with E-state index in [1.807, 2.05) is 0 Å². The van der Waals surface area contributed by atoms with Crippen LogP contribution in [-0.2, 0) is 15.0 Å². The highest BCUT2D eigenvalue weighted by atomic mass is 16.3. The van der Waals surface area contributed by atoms with Gasteiger partial charge in [-0.15, -0.1) is 0 Å². The van der Waals surface area contributed by atoms with Crippen molar-refractivity contribution in [2.75, 3.05) is 0 Å². The summed E-state index contributed by atoms with van der Waals surface area (Å²) in [5.74, 6) is -2.47. The second-order valence-electron chi connectivity index (χ2n) is 7.21. The van der Waals surface area contributed by atoms with Crippen molar-refractivity contribution >= 4 is 29.5 Å². The number of hydrogen-bond donors (Lipinski definition) is 1. The third-order valence-corrected chi connectivity index (χ3v) is 4.90. The summed E-state index contributed by atoms with van der Waals surface area (Å²) in [7, 11) is 0. The number of ketones is 3. The van der Waals surface area contributed by atoms with Crippen LogP contribution in [0.2, 0.25) is 0 Å². The van der Waals surface area contributed by atoms with Crippen molar-refractivity contribution in [3.05, 3.63) is 50.2 Å². The monoisotopic (exact) mass is 338 g/mol. The Morgan fingerprint density at radius 3 is 2.20 bits per heavy atom. The molecule has 0 radical (unpaired) electrons. The lowest BCUT2D eigenvalue weighted by Crippen LogP contribution is -2.30. The van der Waals surface area contributed by atoms with Crippen LogP contribution >= 0.6 is 0 Å². The topological polar surface area (TPSA) is 88.5 Å². The van der Waals surface area contributed by atoms with Gasteiger partial charge in [0.25, 0.3) is 0 Å². The minimum Gasteiger partial charge on any atom is -0.507 e. The van der Waals surface area contributed by atoms with Crippen LogP contribution in [0.4, 0.5) is 0 Å². The fourth-order valence-electron chi connectivity index (χ4n) is 3.25. The molecule has 0 saturated carbocycles. The van der Waals surface area contributed by atoms with Crippen LogP contribution in [0, 0.1) is 5.92 Å². The van der Waals surface area contributed by atoms with E-state index in [-0.39, 0.29) is 34.0 Å². The van der Waals surface area contributed by atoms with Gasteiger partial charge in [0.2, 0.25) is 11.6 Å². The number of allylic oxidation sites excluding steroid dienone is 2. The van der Waals surface area contributed by atoms with Crippen LogP contribution in [0.15, 0.2) is 22.5 Å².